The van der Waals surface area contributed by atoms with Crippen molar-refractivity contribution in [1.29, 1.82) is 0 Å². The molecule has 6 atom stereocenters. The molecule has 1 fully saturated rings. The minimum atomic E-state index is -5.94. The molecule has 0 aromatic heterocycles. The van der Waals surface area contributed by atoms with Crippen LogP contribution in [0.3, 0.4) is 0 Å². The summed E-state index contributed by atoms with van der Waals surface area (Å²) in [5.41, 5.74) is 46.5. The van der Waals surface area contributed by atoms with Crippen LogP contribution in [0.4, 0.5) is 0 Å². The molecule has 0 aromatic rings. The quantitative estimate of drug-likeness (QED) is 0.00424. The van der Waals surface area contributed by atoms with Gasteiger partial charge in [-0.1, -0.05) is 84.7 Å². The third kappa shape index (κ3) is 105. The first-order valence-corrected chi connectivity index (χ1v) is 43.3. The molecule has 38 nitrogen and oxygen atoms in total. The number of aldehydes is 2. The van der Waals surface area contributed by atoms with Gasteiger partial charge in [-0.3, -0.25) is 67.0 Å². The normalized spacial score (nSPS) is 13.6. The molecule has 0 aliphatic carbocycles. The van der Waals surface area contributed by atoms with Crippen LogP contribution < -0.4 is 173 Å². The topological polar surface area (TPSA) is 734 Å². The summed E-state index contributed by atoms with van der Waals surface area (Å²) < 4.78 is 35.2. The molecule has 614 valence electrons. The maximum Gasteiger partial charge on any atom is 1.00 e. The third-order valence-corrected chi connectivity index (χ3v) is 20.3. The summed E-state index contributed by atoms with van der Waals surface area (Å²) in [7, 11) is 6.57. The van der Waals surface area contributed by atoms with Crippen LogP contribution in [0.1, 0.15) is 123 Å². The molecule has 27 N–H and O–H groups in total. The summed E-state index contributed by atoms with van der Waals surface area (Å²) in [6.07, 6.45) is 0.528. The zero-order chi connectivity index (χ0) is 83.4. The number of primary amides is 1. The van der Waals surface area contributed by atoms with E-state index >= 15 is 0 Å². The second-order valence-corrected chi connectivity index (χ2v) is 39.0. The van der Waals surface area contributed by atoms with Crippen LogP contribution in [0.2, 0.25) is 0 Å². The monoisotopic (exact) mass is 1760 g/mol. The number of thiol groups is 1. The smallest absolute Gasteiger partial charge is 0.550 e. The fourth-order valence-electron chi connectivity index (χ4n) is 5.21. The predicted molar refractivity (Wildman–Crippen MR) is 399 cm³/mol. The van der Waals surface area contributed by atoms with E-state index in [4.69, 9.17) is 70.5 Å². The number of carbonyl (C=O) groups is 13. The average Bonchev–Trinajstić information content (AvgIpc) is 1.76. The molecule has 2 unspecified atom stereocenters. The van der Waals surface area contributed by atoms with E-state index in [1.165, 1.54) is 0 Å². The van der Waals surface area contributed by atoms with Crippen LogP contribution in [0.5, 0.6) is 0 Å². The number of nitrogens with two attached hydrogens (primary N) is 9. The van der Waals surface area contributed by atoms with Gasteiger partial charge in [0.1, 0.15) is 55.7 Å². The van der Waals surface area contributed by atoms with E-state index in [1.807, 2.05) is 105 Å². The second-order valence-electron chi connectivity index (χ2n) is 26.0. The fourth-order valence-corrected chi connectivity index (χ4v) is 12.6. The summed E-state index contributed by atoms with van der Waals surface area (Å²) in [5.74, 6) is -3.76. The number of carboxylic acids is 3. The Morgan fingerprint density at radius 3 is 1.07 bits per heavy atom. The van der Waals surface area contributed by atoms with Gasteiger partial charge in [-0.15, -0.1) is 19.7 Å². The van der Waals surface area contributed by atoms with E-state index < -0.39 is 106 Å². The first-order chi connectivity index (χ1) is 47.2. The molecule has 8 amide bonds. The number of rotatable bonds is 33. The van der Waals surface area contributed by atoms with Gasteiger partial charge in [0.05, 0.1) is 6.61 Å². The molecule has 105 heavy (non-hydrogen) atoms. The molecule has 0 saturated carbocycles. The van der Waals surface area contributed by atoms with Crippen LogP contribution in [0, 0.1) is 0 Å². The summed E-state index contributed by atoms with van der Waals surface area (Å²) in [5, 5.41) is 59.6. The fraction of sp³-hybridized carbons (Fsp3) is 0.776. The van der Waals surface area contributed by atoms with Crippen LogP contribution >= 0.6 is 75.5 Å². The first-order valence-electron chi connectivity index (χ1n) is 31.5. The molecule has 0 spiro atoms. The number of hydrogen-bond acceptors (Lipinski definition) is 36. The minimum absolute atomic E-state index is 0. The predicted octanol–water partition coefficient (Wildman–Crippen LogP) is -17.4. The number of thioether (sulfide) groups is 1. The Labute approximate surface area is 673 Å². The van der Waals surface area contributed by atoms with Gasteiger partial charge < -0.3 is 124 Å². The molecule has 47 heteroatoms. The van der Waals surface area contributed by atoms with Gasteiger partial charge in [-0.05, 0) is 100 Å². The summed E-state index contributed by atoms with van der Waals surface area (Å²) in [6.45, 7) is 32.5. The van der Waals surface area contributed by atoms with Gasteiger partial charge in [0, 0.05) is 119 Å². The van der Waals surface area contributed by atoms with E-state index in [0.717, 1.165) is 42.6 Å². The number of hydrogen-bond donors (Lipinski definition) is 19. The van der Waals surface area contributed by atoms with Gasteiger partial charge in [0.2, 0.25) is 48.0 Å². The van der Waals surface area contributed by atoms with E-state index in [-0.39, 0.29) is 152 Å². The Bertz CT molecular complexity index is 2370. The van der Waals surface area contributed by atoms with Crippen molar-refractivity contribution in [1.82, 2.24) is 42.5 Å². The molecule has 0 bridgehead atoms. The molecular weight excluding hydrogens is 1640 g/mol. The Hall–Kier alpha value is -2.79. The van der Waals surface area contributed by atoms with Crippen molar-refractivity contribution in [3.63, 3.8) is 0 Å². The molecular formula is C58H119IN17NaO21PS6-3. The van der Waals surface area contributed by atoms with Gasteiger partial charge >= 0.3 is 29.6 Å². The first kappa shape index (κ1) is 121. The van der Waals surface area contributed by atoms with Gasteiger partial charge in [-0.25, -0.2) is 0 Å². The summed E-state index contributed by atoms with van der Waals surface area (Å²) >= 11 is -0.588. The van der Waals surface area contributed by atoms with Gasteiger partial charge in [0.15, 0.2) is 0 Å². The molecule has 0 aromatic carbocycles. The van der Waals surface area contributed by atoms with Crippen LogP contribution in [-0.4, -0.2) is 245 Å². The largest absolute Gasteiger partial charge is 1.00 e. The molecule has 1 saturated heterocycles. The Kier molecular flexibility index (Phi) is 79.4. The number of halogens is 1. The van der Waals surface area contributed by atoms with E-state index in [9.17, 15) is 77.6 Å². The number of amides is 8. The SMILES string of the molecule is CC(C)(C)NC(=O)[C@@H](N)CNC(=O)C1NCCS1.CC(C)(C)NC(=O)[C@H](N)CNC(=O)C(N)CO.CC(C)(C)NC(=O)[C@H](N)CNC(=O)C=O.CC(C)(C)SSCCN.CC(C)(C)SSCCN.NC(=O)[C@@H](N)CNC(=O)C=O.NCCS.O=C([O-])CCP(CCC(=O)[O-])CCC(=O)[O-].[Na+].[O-][I+3]([O-])([O-])[O-]. The summed E-state index contributed by atoms with van der Waals surface area (Å²) in [6, 6.07) is -4.36. The maximum absolute atomic E-state index is 11.7. The van der Waals surface area contributed by atoms with Gasteiger partial charge in [0.25, 0.3) is 11.8 Å². The number of aliphatic carboxylic acids is 3. The number of nitrogens with one attached hydrogen (secondary N) is 8. The molecule has 1 rings (SSSR count). The Morgan fingerprint density at radius 1 is 0.543 bits per heavy atom. The molecule has 0 radical (unpaired) electrons. The van der Waals surface area contributed by atoms with Crippen LogP contribution in [0.25, 0.3) is 0 Å². The number of carboxylic acid groups (broad SMARTS) is 3. The van der Waals surface area contributed by atoms with Crippen LogP contribution in [-0.2, 0) is 62.3 Å². The van der Waals surface area contributed by atoms with Crippen molar-refractivity contribution in [2.45, 2.75) is 185 Å². The zero-order valence-electron chi connectivity index (χ0n) is 63.2. The van der Waals surface area contributed by atoms with E-state index in [2.05, 4.69) is 96.7 Å². The molecule has 1 aliphatic rings. The summed E-state index contributed by atoms with van der Waals surface area (Å²) in [4.78, 5) is 139. The maximum atomic E-state index is 11.7. The zero-order valence-corrected chi connectivity index (χ0v) is 73.2. The van der Waals surface area contributed by atoms with E-state index in [0.29, 0.717) is 16.0 Å². The number of aliphatic hydroxyl groups excluding tert-OH is 1. The van der Waals surface area contributed by atoms with Crippen molar-refractivity contribution in [2.24, 2.45) is 51.6 Å². The molecule has 1 aliphatic heterocycles. The van der Waals surface area contributed by atoms with Crippen LogP contribution in [0.15, 0.2) is 0 Å². The number of aliphatic hydroxyl groups is 1. The van der Waals surface area contributed by atoms with Crippen molar-refractivity contribution in [2.75, 3.05) is 100 Å². The van der Waals surface area contributed by atoms with Crippen molar-refractivity contribution in [3.05, 3.63) is 0 Å². The minimum Gasteiger partial charge on any atom is -0.550 e. The van der Waals surface area contributed by atoms with Crippen molar-refractivity contribution in [3.8, 4) is 0 Å². The third-order valence-electron chi connectivity index (χ3n) is 9.60. The van der Waals surface area contributed by atoms with E-state index in [1.54, 1.807) is 11.8 Å². The average molecular weight is 1760 g/mol. The molecule has 1 heterocycles. The number of carbonyl (C=O) groups excluding carboxylic acids is 13. The Balaban J connectivity index is -0.000000145. The standard InChI is InChI=1S/C11H22N4O2S.C10H22N4O3.C9H17N3O3.C9H15O6P.2C6H15NS2.C5H9N3O3.C2H7NS.IO4.Na/c1-11(2,3)15-8(16)7(12)6-14-9(17)10-13-4-5-18-10;1-10(2,3)14-9(17)6(11)4-13-8(16)7(12)5-15;1-9(2,3)12-8(15)6(10)4-11-7(14)5-13;10-7(11)1-4-16(5-2-8(12)13)6-3-9(14)15;2*1-6(2,3)9-8-5-4-7;6-3(5(7)11)1-8-4(10)2-9;3-1-2-4;2-1(3,4)5;/h7,10,13H,4-6,12H2,1-3H3,(H,14,17)(H,15,16);6-7,15H,4-5,11-12H2,1-3H3,(H,13,16)(H,14,17);5-6H,4,10H2,1-3H3,(H,11,14)(H,12,15);1-6H2,(H,10,11)(H,12,13)(H,14,15);2*4-5,7H2,1-3H3;2-3H,1,6H2,(H2,7,11)(H,8,10);4H,1-3H2;;/q;;;;;;;;-1;+1/p-3/t7-,10?;6-,7?;6-;;;;3-;;;/m011...0.../s1. The van der Waals surface area contributed by atoms with Crippen molar-refractivity contribution >= 4 is 153 Å². The van der Waals surface area contributed by atoms with Gasteiger partial charge in [-0.2, -0.15) is 12.6 Å². The second kappa shape index (κ2) is 69.2. The Morgan fingerprint density at radius 2 is 0.838 bits per heavy atom. The van der Waals surface area contributed by atoms with Crippen molar-refractivity contribution < 1.29 is 146 Å².